The predicted octanol–water partition coefficient (Wildman–Crippen LogP) is 0.873. The van der Waals surface area contributed by atoms with Crippen LogP contribution in [0.1, 0.15) is 5.56 Å². The zero-order valence-corrected chi connectivity index (χ0v) is 9.90. The summed E-state index contributed by atoms with van der Waals surface area (Å²) in [6.07, 6.45) is 1.54. The van der Waals surface area contributed by atoms with Crippen LogP contribution in [0.2, 0.25) is 0 Å². The van der Waals surface area contributed by atoms with Crippen LogP contribution in [0.3, 0.4) is 0 Å². The van der Waals surface area contributed by atoms with Crippen LogP contribution in [0, 0.1) is 0 Å². The molecule has 0 aliphatic heterocycles. The van der Waals surface area contributed by atoms with Crippen molar-refractivity contribution in [1.29, 1.82) is 0 Å². The second-order valence-corrected chi connectivity index (χ2v) is 6.97. The Morgan fingerprint density at radius 1 is 1.57 bits per heavy atom. The molecular formula is C9H14N2OS2. The van der Waals surface area contributed by atoms with Gasteiger partial charge in [0.2, 0.25) is 0 Å². The summed E-state index contributed by atoms with van der Waals surface area (Å²) in [7, 11) is -0.628. The molecule has 0 fully saturated rings. The van der Waals surface area contributed by atoms with Crippen LogP contribution in [-0.4, -0.2) is 17.5 Å². The first-order chi connectivity index (χ1) is 6.45. The molecule has 1 unspecified atom stereocenters. The van der Waals surface area contributed by atoms with Crippen LogP contribution in [0.5, 0.6) is 0 Å². The molecule has 0 amide bonds. The minimum atomic E-state index is -2.36. The maximum Gasteiger partial charge on any atom is 0.110 e. The largest absolute Gasteiger partial charge is 0.326 e. The zero-order chi connectivity index (χ0) is 10.8. The van der Waals surface area contributed by atoms with Gasteiger partial charge in [-0.2, -0.15) is 0 Å². The predicted molar refractivity (Wildman–Crippen MR) is 64.2 cm³/mol. The van der Waals surface area contributed by atoms with E-state index in [4.69, 9.17) is 16.9 Å². The number of anilines is 1. The minimum Gasteiger partial charge on any atom is -0.326 e. The van der Waals surface area contributed by atoms with E-state index >= 15 is 0 Å². The lowest BCUT2D eigenvalue weighted by Gasteiger charge is -2.19. The molecule has 3 nitrogen and oxygen atoms in total. The van der Waals surface area contributed by atoms with Gasteiger partial charge in [0.05, 0.1) is 0 Å². The Bertz CT molecular complexity index is 415. The maximum absolute atomic E-state index is 11.6. The molecule has 1 aromatic rings. The lowest BCUT2D eigenvalue weighted by Crippen LogP contribution is -2.23. The van der Waals surface area contributed by atoms with E-state index in [0.717, 1.165) is 11.3 Å². The molecular weight excluding hydrogens is 216 g/mol. The normalized spacial score (nSPS) is 14.8. The smallest absolute Gasteiger partial charge is 0.110 e. The van der Waals surface area contributed by atoms with Crippen molar-refractivity contribution < 1.29 is 4.21 Å². The van der Waals surface area contributed by atoms with Gasteiger partial charge < -0.3 is 5.73 Å². The van der Waals surface area contributed by atoms with E-state index in [1.165, 1.54) is 6.26 Å². The van der Waals surface area contributed by atoms with Gasteiger partial charge >= 0.3 is 0 Å². The summed E-state index contributed by atoms with van der Waals surface area (Å²) < 4.78 is 13.2. The molecule has 1 atom stereocenters. The molecule has 1 aromatic carbocycles. The molecule has 0 aliphatic carbocycles. The minimum absolute atomic E-state index is 0.476. The number of rotatable bonds is 3. The molecule has 0 spiro atoms. The van der Waals surface area contributed by atoms with Crippen LogP contribution >= 0.6 is 0 Å². The highest BCUT2D eigenvalue weighted by Gasteiger charge is 2.08. The Balaban J connectivity index is 3.08. The van der Waals surface area contributed by atoms with Gasteiger partial charge in [-0.25, -0.2) is 4.21 Å². The summed E-state index contributed by atoms with van der Waals surface area (Å²) in [5.41, 5.74) is 7.36. The number of nitrogens with zero attached hydrogens (tertiary/aromatic N) is 1. The van der Waals surface area contributed by atoms with Crippen LogP contribution < -0.4 is 10.0 Å². The van der Waals surface area contributed by atoms with Gasteiger partial charge in [0.25, 0.3) is 0 Å². The van der Waals surface area contributed by atoms with Gasteiger partial charge in [-0.15, -0.1) is 0 Å². The highest BCUT2D eigenvalue weighted by molar-refractivity contribution is 8.33. The third-order valence-electron chi connectivity index (χ3n) is 2.01. The summed E-state index contributed by atoms with van der Waals surface area (Å²) in [6, 6.07) is 7.58. The number of nitrogens with two attached hydrogens (primary N) is 1. The molecule has 0 saturated carbocycles. The average Bonchev–Trinajstić information content (AvgIpc) is 2.15. The van der Waals surface area contributed by atoms with Gasteiger partial charge in [-0.3, -0.25) is 4.31 Å². The third-order valence-corrected chi connectivity index (χ3v) is 3.88. The van der Waals surface area contributed by atoms with Crippen LogP contribution in [0.4, 0.5) is 5.69 Å². The molecule has 5 heteroatoms. The fourth-order valence-corrected chi connectivity index (χ4v) is 1.83. The fraction of sp³-hybridized carbons (Fsp3) is 0.333. The molecule has 14 heavy (non-hydrogen) atoms. The van der Waals surface area contributed by atoms with E-state index in [-0.39, 0.29) is 0 Å². The van der Waals surface area contributed by atoms with Gasteiger partial charge in [0.1, 0.15) is 8.68 Å². The Hall–Kier alpha value is -0.650. The quantitative estimate of drug-likeness (QED) is 0.838. The molecule has 0 aromatic heterocycles. The van der Waals surface area contributed by atoms with Crippen molar-refractivity contribution in [2.24, 2.45) is 5.73 Å². The highest BCUT2D eigenvalue weighted by atomic mass is 32.8. The molecule has 0 radical (unpaired) electrons. The monoisotopic (exact) mass is 230 g/mol. The molecule has 0 bridgehead atoms. The van der Waals surface area contributed by atoms with Crippen molar-refractivity contribution in [3.63, 3.8) is 0 Å². The van der Waals surface area contributed by atoms with Crippen molar-refractivity contribution >= 4 is 25.6 Å². The summed E-state index contributed by atoms with van der Waals surface area (Å²) >= 11 is 4.89. The van der Waals surface area contributed by atoms with E-state index in [2.05, 4.69) is 0 Å². The zero-order valence-electron chi connectivity index (χ0n) is 8.27. The highest BCUT2D eigenvalue weighted by Crippen LogP contribution is 2.16. The molecule has 1 rings (SSSR count). The number of hydrogen-bond acceptors (Lipinski definition) is 3. The van der Waals surface area contributed by atoms with Gasteiger partial charge in [-0.05, 0) is 17.7 Å². The first-order valence-electron chi connectivity index (χ1n) is 4.18. The van der Waals surface area contributed by atoms with E-state index in [0.29, 0.717) is 6.54 Å². The lowest BCUT2D eigenvalue weighted by atomic mass is 10.2. The van der Waals surface area contributed by atoms with E-state index in [1.807, 2.05) is 24.3 Å². The summed E-state index contributed by atoms with van der Waals surface area (Å²) in [4.78, 5) is 0. The fourth-order valence-electron chi connectivity index (χ4n) is 1.07. The Morgan fingerprint density at radius 3 is 2.71 bits per heavy atom. The van der Waals surface area contributed by atoms with E-state index in [9.17, 15) is 4.21 Å². The Kier molecular flexibility index (Phi) is 3.47. The molecule has 0 aliphatic rings. The van der Waals surface area contributed by atoms with Crippen LogP contribution in [0.25, 0.3) is 0 Å². The second kappa shape index (κ2) is 4.25. The summed E-state index contributed by atoms with van der Waals surface area (Å²) in [5, 5.41) is 0. The molecule has 78 valence electrons. The van der Waals surface area contributed by atoms with Crippen molar-refractivity contribution in [3.05, 3.63) is 29.8 Å². The molecule has 2 N–H and O–H groups in total. The Morgan fingerprint density at radius 2 is 2.21 bits per heavy atom. The average molecular weight is 230 g/mol. The Labute approximate surface area is 89.7 Å². The SMILES string of the molecule is CN(c1cccc(CN)c1)S(C)(=O)=S. The summed E-state index contributed by atoms with van der Waals surface area (Å²) in [5.74, 6) is 0. The standard InChI is InChI=1S/C9H14N2OS2/c1-11(14(2,12)13)9-5-3-4-8(6-9)7-10/h3-6H,7,10H2,1-2H3. The maximum atomic E-state index is 11.6. The van der Waals surface area contributed by atoms with E-state index in [1.54, 1.807) is 11.4 Å². The second-order valence-electron chi connectivity index (χ2n) is 3.10. The topological polar surface area (TPSA) is 46.3 Å². The van der Waals surface area contributed by atoms with Gasteiger partial charge in [0, 0.05) is 36.7 Å². The van der Waals surface area contributed by atoms with Crippen LogP contribution in [-0.2, 0) is 26.4 Å². The molecule has 0 saturated heterocycles. The van der Waals surface area contributed by atoms with Crippen molar-refractivity contribution in [3.8, 4) is 0 Å². The van der Waals surface area contributed by atoms with Crippen LogP contribution in [0.15, 0.2) is 24.3 Å². The van der Waals surface area contributed by atoms with Gasteiger partial charge in [-0.1, -0.05) is 12.1 Å². The molecule has 0 heterocycles. The first kappa shape index (κ1) is 11.4. The van der Waals surface area contributed by atoms with Crippen molar-refractivity contribution in [2.45, 2.75) is 6.54 Å². The van der Waals surface area contributed by atoms with E-state index < -0.39 is 8.68 Å². The van der Waals surface area contributed by atoms with Crippen molar-refractivity contribution in [1.82, 2.24) is 0 Å². The summed E-state index contributed by atoms with van der Waals surface area (Å²) in [6.45, 7) is 0.476. The third kappa shape index (κ3) is 2.67. The first-order valence-corrected chi connectivity index (χ1v) is 7.03. The van der Waals surface area contributed by atoms with Crippen molar-refractivity contribution in [2.75, 3.05) is 17.6 Å². The number of benzene rings is 1. The number of hydrogen-bond donors (Lipinski definition) is 1. The van der Waals surface area contributed by atoms with Gasteiger partial charge in [0.15, 0.2) is 0 Å². The lowest BCUT2D eigenvalue weighted by molar-refractivity contribution is 0.684.